The van der Waals surface area contributed by atoms with Crippen molar-refractivity contribution in [3.05, 3.63) is 23.5 Å². The summed E-state index contributed by atoms with van der Waals surface area (Å²) in [6, 6.07) is 3.27. The van der Waals surface area contributed by atoms with Gasteiger partial charge in [-0.1, -0.05) is 18.9 Å². The fourth-order valence-electron chi connectivity index (χ4n) is 2.66. The molecule has 1 N–H and O–H groups in total. The van der Waals surface area contributed by atoms with Gasteiger partial charge in [-0.25, -0.2) is 0 Å². The van der Waals surface area contributed by atoms with Crippen LogP contribution in [-0.4, -0.2) is 22.4 Å². The van der Waals surface area contributed by atoms with Gasteiger partial charge in [0.25, 0.3) is 0 Å². The van der Waals surface area contributed by atoms with E-state index >= 15 is 0 Å². The monoisotopic (exact) mass is 261 g/mol. The molecule has 2 rings (SSSR count). The summed E-state index contributed by atoms with van der Waals surface area (Å²) >= 11 is 0. The van der Waals surface area contributed by atoms with E-state index in [0.717, 1.165) is 18.5 Å². The van der Waals surface area contributed by atoms with Crippen LogP contribution in [0.1, 0.15) is 64.6 Å². The molecule has 1 aliphatic rings. The molecule has 19 heavy (non-hydrogen) atoms. The highest BCUT2D eigenvalue weighted by Crippen LogP contribution is 2.17. The number of nitrogens with one attached hydrogen (secondary N) is 1. The van der Waals surface area contributed by atoms with Crippen LogP contribution in [0.5, 0.6) is 0 Å². The molecule has 1 aliphatic heterocycles. The van der Waals surface area contributed by atoms with Crippen LogP contribution < -0.4 is 5.32 Å². The van der Waals surface area contributed by atoms with Crippen LogP contribution in [0.15, 0.2) is 17.8 Å². The summed E-state index contributed by atoms with van der Waals surface area (Å²) in [6.45, 7) is 7.81. The first kappa shape index (κ1) is 14.3. The molecule has 0 spiro atoms. The zero-order chi connectivity index (χ0) is 13.7. The molecule has 2 unspecified atom stereocenters. The summed E-state index contributed by atoms with van der Waals surface area (Å²) < 4.78 is 2.07. The van der Waals surface area contributed by atoms with Crippen LogP contribution in [0.3, 0.4) is 0 Å². The molecule has 0 saturated carbocycles. The van der Waals surface area contributed by atoms with Gasteiger partial charge in [0.05, 0.1) is 5.69 Å². The van der Waals surface area contributed by atoms with Crippen LogP contribution >= 0.6 is 0 Å². The molecule has 2 atom stereocenters. The number of aromatic nitrogens is 2. The summed E-state index contributed by atoms with van der Waals surface area (Å²) in [5.41, 5.74) is 2.52. The third-order valence-corrected chi connectivity index (χ3v) is 4.05. The fraction of sp³-hybridized carbons (Fsp3) is 0.688. The van der Waals surface area contributed by atoms with E-state index in [0.29, 0.717) is 12.1 Å². The van der Waals surface area contributed by atoms with Crippen molar-refractivity contribution >= 4 is 6.08 Å². The van der Waals surface area contributed by atoms with E-state index < -0.39 is 0 Å². The summed E-state index contributed by atoms with van der Waals surface area (Å²) in [5, 5.41) is 8.24. The summed E-state index contributed by atoms with van der Waals surface area (Å²) in [7, 11) is 0. The Bertz CT molecular complexity index is 413. The number of hydrogen-bond acceptors (Lipinski definition) is 2. The molecule has 1 saturated heterocycles. The summed E-state index contributed by atoms with van der Waals surface area (Å²) in [4.78, 5) is 0. The maximum Gasteiger partial charge on any atom is 0.0850 e. The standard InChI is InChI=1S/C16H27N3/c1-4-14(3)19-10-8-16(18-19)12-13(2)11-15-7-5-6-9-17-15/h8,10,12,14-15,17H,4-7,9,11H2,1-3H3/b13-12-. The summed E-state index contributed by atoms with van der Waals surface area (Å²) in [6.07, 6.45) is 10.6. The van der Waals surface area contributed by atoms with Crippen LogP contribution in [0.2, 0.25) is 0 Å². The Labute approximate surface area is 117 Å². The Morgan fingerprint density at radius 3 is 3.11 bits per heavy atom. The van der Waals surface area contributed by atoms with Crippen LogP contribution in [-0.2, 0) is 0 Å². The number of piperidine rings is 1. The number of nitrogens with zero attached hydrogens (tertiary/aromatic N) is 2. The van der Waals surface area contributed by atoms with E-state index in [-0.39, 0.29) is 0 Å². The molecule has 0 bridgehead atoms. The Morgan fingerprint density at radius 2 is 2.42 bits per heavy atom. The van der Waals surface area contributed by atoms with Gasteiger partial charge in [0.15, 0.2) is 0 Å². The highest BCUT2D eigenvalue weighted by molar-refractivity contribution is 5.47. The molecule has 0 aliphatic carbocycles. The van der Waals surface area contributed by atoms with Crippen molar-refractivity contribution in [2.75, 3.05) is 6.54 Å². The zero-order valence-corrected chi connectivity index (χ0v) is 12.5. The second-order valence-corrected chi connectivity index (χ2v) is 5.82. The molecule has 1 aromatic heterocycles. The lowest BCUT2D eigenvalue weighted by atomic mass is 9.98. The Morgan fingerprint density at radius 1 is 1.58 bits per heavy atom. The van der Waals surface area contributed by atoms with Crippen LogP contribution in [0, 0.1) is 0 Å². The van der Waals surface area contributed by atoms with Crippen molar-refractivity contribution in [1.82, 2.24) is 15.1 Å². The largest absolute Gasteiger partial charge is 0.314 e. The van der Waals surface area contributed by atoms with E-state index in [1.165, 1.54) is 31.4 Å². The minimum absolute atomic E-state index is 0.488. The molecule has 3 nitrogen and oxygen atoms in total. The molecular formula is C16H27N3. The maximum atomic E-state index is 4.63. The lowest BCUT2D eigenvalue weighted by Gasteiger charge is -2.23. The first-order chi connectivity index (χ1) is 9.19. The van der Waals surface area contributed by atoms with E-state index in [2.05, 4.69) is 54.2 Å². The molecule has 106 valence electrons. The molecule has 0 radical (unpaired) electrons. The van der Waals surface area contributed by atoms with Gasteiger partial charge in [0.2, 0.25) is 0 Å². The molecule has 0 aromatic carbocycles. The molecule has 0 amide bonds. The fourth-order valence-corrected chi connectivity index (χ4v) is 2.66. The minimum atomic E-state index is 0.488. The predicted octanol–water partition coefficient (Wildman–Crippen LogP) is 3.79. The average Bonchev–Trinajstić information content (AvgIpc) is 2.87. The van der Waals surface area contributed by atoms with Gasteiger partial charge in [-0.05, 0) is 58.2 Å². The Balaban J connectivity index is 1.93. The highest BCUT2D eigenvalue weighted by Gasteiger charge is 2.12. The SMILES string of the molecule is CCC(C)n1ccc(/C=C(/C)CC2CCCCN2)n1. The third-order valence-electron chi connectivity index (χ3n) is 4.05. The van der Waals surface area contributed by atoms with Crippen LogP contribution in [0.4, 0.5) is 0 Å². The van der Waals surface area contributed by atoms with Gasteiger partial charge in [-0.2, -0.15) is 5.10 Å². The van der Waals surface area contributed by atoms with Crippen molar-refractivity contribution in [3.63, 3.8) is 0 Å². The lowest BCUT2D eigenvalue weighted by molar-refractivity contribution is 0.399. The maximum absolute atomic E-state index is 4.63. The lowest BCUT2D eigenvalue weighted by Crippen LogP contribution is -2.33. The van der Waals surface area contributed by atoms with Gasteiger partial charge >= 0.3 is 0 Å². The second kappa shape index (κ2) is 6.90. The van der Waals surface area contributed by atoms with Gasteiger partial charge < -0.3 is 5.32 Å². The van der Waals surface area contributed by atoms with Crippen molar-refractivity contribution in [2.24, 2.45) is 0 Å². The molecular weight excluding hydrogens is 234 g/mol. The first-order valence-electron chi connectivity index (χ1n) is 7.64. The molecule has 1 fully saturated rings. The van der Waals surface area contributed by atoms with Gasteiger partial charge in [-0.15, -0.1) is 0 Å². The Kier molecular flexibility index (Phi) is 5.20. The molecule has 1 aromatic rings. The molecule has 2 heterocycles. The van der Waals surface area contributed by atoms with E-state index in [1.54, 1.807) is 0 Å². The number of rotatable bonds is 5. The van der Waals surface area contributed by atoms with E-state index in [9.17, 15) is 0 Å². The second-order valence-electron chi connectivity index (χ2n) is 5.82. The smallest absolute Gasteiger partial charge is 0.0850 e. The average molecular weight is 261 g/mol. The van der Waals surface area contributed by atoms with E-state index in [1.807, 2.05) is 0 Å². The first-order valence-corrected chi connectivity index (χ1v) is 7.64. The number of hydrogen-bond donors (Lipinski definition) is 1. The Hall–Kier alpha value is -1.09. The van der Waals surface area contributed by atoms with Crippen molar-refractivity contribution in [3.8, 4) is 0 Å². The van der Waals surface area contributed by atoms with Crippen molar-refractivity contribution in [1.29, 1.82) is 0 Å². The quantitative estimate of drug-likeness (QED) is 0.874. The van der Waals surface area contributed by atoms with Gasteiger partial charge in [-0.3, -0.25) is 4.68 Å². The van der Waals surface area contributed by atoms with E-state index in [4.69, 9.17) is 0 Å². The highest BCUT2D eigenvalue weighted by atomic mass is 15.3. The topological polar surface area (TPSA) is 29.9 Å². The zero-order valence-electron chi connectivity index (χ0n) is 12.5. The predicted molar refractivity (Wildman–Crippen MR) is 81.1 cm³/mol. The van der Waals surface area contributed by atoms with Crippen molar-refractivity contribution in [2.45, 2.75) is 65.0 Å². The van der Waals surface area contributed by atoms with Crippen molar-refractivity contribution < 1.29 is 0 Å². The van der Waals surface area contributed by atoms with Gasteiger partial charge in [0, 0.05) is 18.3 Å². The summed E-state index contributed by atoms with van der Waals surface area (Å²) in [5.74, 6) is 0. The van der Waals surface area contributed by atoms with Gasteiger partial charge in [0.1, 0.15) is 0 Å². The normalized spacial score (nSPS) is 22.5. The van der Waals surface area contributed by atoms with Crippen LogP contribution in [0.25, 0.3) is 6.08 Å². The molecule has 3 heteroatoms. The third kappa shape index (κ3) is 4.20. The minimum Gasteiger partial charge on any atom is -0.314 e.